The van der Waals surface area contributed by atoms with Crippen molar-refractivity contribution in [1.82, 2.24) is 0 Å². The molecule has 0 radical (unpaired) electrons. The first-order chi connectivity index (χ1) is 15.8. The summed E-state index contributed by atoms with van der Waals surface area (Å²) >= 11 is 0. The highest BCUT2D eigenvalue weighted by Gasteiger charge is 2.62. The van der Waals surface area contributed by atoms with E-state index < -0.39 is 8.32 Å². The molecular formula is C31H56O2Si. The van der Waals surface area contributed by atoms with E-state index in [1.807, 2.05) is 0 Å². The first-order valence-electron chi connectivity index (χ1n) is 15.2. The molecule has 8 atom stereocenters. The average molecular weight is 489 g/mol. The summed E-state index contributed by atoms with van der Waals surface area (Å²) in [5.41, 5.74) is 0.497. The van der Waals surface area contributed by atoms with Crippen LogP contribution in [0.5, 0.6) is 0 Å². The molecule has 3 heteroatoms. The van der Waals surface area contributed by atoms with Gasteiger partial charge in [-0.1, -0.05) is 53.9 Å². The second-order valence-corrected chi connectivity index (χ2v) is 20.5. The number of fused-ring (bicyclic) bond motifs is 5. The van der Waals surface area contributed by atoms with E-state index in [1.54, 1.807) is 0 Å². The predicted octanol–water partition coefficient (Wildman–Crippen LogP) is 8.73. The molecule has 5 rings (SSSR count). The van der Waals surface area contributed by atoms with Crippen molar-refractivity contribution < 1.29 is 9.53 Å². The van der Waals surface area contributed by atoms with Crippen LogP contribution < -0.4 is 0 Å². The van der Waals surface area contributed by atoms with Gasteiger partial charge in [0.05, 0.1) is 11.7 Å². The molecule has 5 saturated carbocycles. The van der Waals surface area contributed by atoms with Crippen molar-refractivity contribution >= 4 is 8.32 Å². The van der Waals surface area contributed by atoms with Crippen LogP contribution in [0.15, 0.2) is 0 Å². The van der Waals surface area contributed by atoms with Crippen LogP contribution in [-0.2, 0) is 4.43 Å². The molecular weight excluding hydrogens is 432 g/mol. The lowest BCUT2D eigenvalue weighted by atomic mass is 9.43. The molecule has 5 aliphatic carbocycles. The lowest BCUT2D eigenvalue weighted by Gasteiger charge is -2.63. The molecule has 0 heterocycles. The maximum absolute atomic E-state index is 11.8. The minimum Gasteiger partial charge on any atom is -0.413 e. The third-order valence-corrected chi connectivity index (χ3v) is 17.8. The van der Waals surface area contributed by atoms with Crippen LogP contribution in [0.25, 0.3) is 0 Å². The normalized spacial score (nSPS) is 48.2. The highest BCUT2D eigenvalue weighted by atomic mass is 28.4. The Morgan fingerprint density at radius 3 is 2.09 bits per heavy atom. The standard InChI is InChI=1S/C31H56O2Si/c1-28(2,3)34(6,7)33-27-16-15-25-24-14-13-23-21-31(32,22-11-9-8-10-12-22)20-19-29(23,4)26(24)17-18-30(25,27)5/h22-27,32H,8-21H2,1-7H3/t23?,24-,25-,26-,27-,29-,30-,31+/m0/s1. The summed E-state index contributed by atoms with van der Waals surface area (Å²) in [5.74, 6) is 3.97. The Morgan fingerprint density at radius 1 is 0.735 bits per heavy atom. The maximum Gasteiger partial charge on any atom is 0.192 e. The second-order valence-electron chi connectivity index (χ2n) is 15.8. The molecule has 0 aliphatic heterocycles. The smallest absolute Gasteiger partial charge is 0.192 e. The molecule has 2 nitrogen and oxygen atoms in total. The van der Waals surface area contributed by atoms with Crippen molar-refractivity contribution in [3.63, 3.8) is 0 Å². The molecule has 0 bridgehead atoms. The zero-order valence-electron chi connectivity index (χ0n) is 23.7. The van der Waals surface area contributed by atoms with Crippen LogP contribution >= 0.6 is 0 Å². The van der Waals surface area contributed by atoms with Crippen molar-refractivity contribution in [2.24, 2.45) is 40.4 Å². The first kappa shape index (κ1) is 25.8. The number of hydrogen-bond donors (Lipinski definition) is 1. The van der Waals surface area contributed by atoms with Crippen LogP contribution in [0.3, 0.4) is 0 Å². The van der Waals surface area contributed by atoms with Crippen molar-refractivity contribution in [2.45, 2.75) is 154 Å². The van der Waals surface area contributed by atoms with Gasteiger partial charge >= 0.3 is 0 Å². The van der Waals surface area contributed by atoms with Gasteiger partial charge in [0, 0.05) is 0 Å². The summed E-state index contributed by atoms with van der Waals surface area (Å²) in [5, 5.41) is 12.1. The van der Waals surface area contributed by atoms with Gasteiger partial charge < -0.3 is 9.53 Å². The quantitative estimate of drug-likeness (QED) is 0.402. The predicted molar refractivity (Wildman–Crippen MR) is 145 cm³/mol. The Bertz CT molecular complexity index is 751. The fourth-order valence-electron chi connectivity index (χ4n) is 9.96. The van der Waals surface area contributed by atoms with Crippen LogP contribution in [0.2, 0.25) is 18.1 Å². The lowest BCUT2D eigenvalue weighted by Crippen LogP contribution is -2.58. The summed E-state index contributed by atoms with van der Waals surface area (Å²) in [6.07, 6.45) is 18.8. The highest BCUT2D eigenvalue weighted by molar-refractivity contribution is 6.74. The fraction of sp³-hybridized carbons (Fsp3) is 1.00. The number of aliphatic hydroxyl groups is 1. The van der Waals surface area contributed by atoms with Crippen molar-refractivity contribution in [3.05, 3.63) is 0 Å². The monoisotopic (exact) mass is 488 g/mol. The highest BCUT2D eigenvalue weighted by Crippen LogP contribution is 2.68. The SMILES string of the molecule is CC(C)(C)[Si](C)(C)O[C@H]1CC[C@H]2[C@@H]3CCC4C[C@@](O)(C5CCCCC5)CC[C@]4(C)[C@H]3CC[C@]12C. The van der Waals surface area contributed by atoms with Gasteiger partial charge in [-0.05, 0) is 129 Å². The van der Waals surface area contributed by atoms with Gasteiger partial charge in [-0.2, -0.15) is 0 Å². The van der Waals surface area contributed by atoms with E-state index >= 15 is 0 Å². The molecule has 1 N–H and O–H groups in total. The summed E-state index contributed by atoms with van der Waals surface area (Å²) in [7, 11) is -1.74. The Morgan fingerprint density at radius 2 is 1.41 bits per heavy atom. The fourth-order valence-corrected chi connectivity index (χ4v) is 11.4. The van der Waals surface area contributed by atoms with E-state index in [1.165, 1.54) is 77.0 Å². The average Bonchev–Trinajstić information content (AvgIpc) is 3.10. The third kappa shape index (κ3) is 4.01. The van der Waals surface area contributed by atoms with E-state index in [9.17, 15) is 5.11 Å². The lowest BCUT2D eigenvalue weighted by molar-refractivity contribution is -0.170. The van der Waals surface area contributed by atoms with E-state index in [0.717, 1.165) is 36.5 Å². The Labute approximate surface area is 212 Å². The maximum atomic E-state index is 11.8. The zero-order chi connectivity index (χ0) is 24.6. The zero-order valence-corrected chi connectivity index (χ0v) is 24.7. The number of rotatable bonds is 3. The van der Waals surface area contributed by atoms with Crippen molar-refractivity contribution in [2.75, 3.05) is 0 Å². The third-order valence-electron chi connectivity index (χ3n) is 13.3. The van der Waals surface area contributed by atoms with Gasteiger partial charge in [0.2, 0.25) is 0 Å². The molecule has 0 spiro atoms. The van der Waals surface area contributed by atoms with Crippen LogP contribution in [0.1, 0.15) is 125 Å². The molecule has 196 valence electrons. The first-order valence-corrected chi connectivity index (χ1v) is 18.1. The van der Waals surface area contributed by atoms with Crippen molar-refractivity contribution in [1.29, 1.82) is 0 Å². The van der Waals surface area contributed by atoms with Gasteiger partial charge in [0.1, 0.15) is 0 Å². The van der Waals surface area contributed by atoms with Crippen LogP contribution in [-0.4, -0.2) is 25.1 Å². The summed E-state index contributed by atoms with van der Waals surface area (Å²) < 4.78 is 7.15. The van der Waals surface area contributed by atoms with Crippen molar-refractivity contribution in [3.8, 4) is 0 Å². The molecule has 1 unspecified atom stereocenters. The summed E-state index contributed by atoms with van der Waals surface area (Å²) in [6.45, 7) is 17.4. The Balaban J connectivity index is 1.31. The summed E-state index contributed by atoms with van der Waals surface area (Å²) in [6, 6.07) is 0. The minimum atomic E-state index is -1.74. The van der Waals surface area contributed by atoms with E-state index in [-0.39, 0.29) is 5.60 Å². The molecule has 5 fully saturated rings. The van der Waals surface area contributed by atoms with E-state index in [4.69, 9.17) is 4.43 Å². The Hall–Kier alpha value is 0.137. The van der Waals surface area contributed by atoms with E-state index in [2.05, 4.69) is 47.7 Å². The van der Waals surface area contributed by atoms with Gasteiger partial charge in [0.25, 0.3) is 0 Å². The van der Waals surface area contributed by atoms with Gasteiger partial charge in [-0.15, -0.1) is 0 Å². The second kappa shape index (κ2) is 8.59. The van der Waals surface area contributed by atoms with Gasteiger partial charge in [-0.3, -0.25) is 0 Å². The van der Waals surface area contributed by atoms with E-state index in [0.29, 0.717) is 27.9 Å². The van der Waals surface area contributed by atoms with Crippen LogP contribution in [0.4, 0.5) is 0 Å². The summed E-state index contributed by atoms with van der Waals surface area (Å²) in [4.78, 5) is 0. The minimum absolute atomic E-state index is 0.293. The molecule has 0 saturated heterocycles. The molecule has 5 aliphatic rings. The molecule has 0 aromatic rings. The number of hydrogen-bond acceptors (Lipinski definition) is 2. The molecule has 0 aromatic carbocycles. The molecule has 0 aromatic heterocycles. The molecule has 34 heavy (non-hydrogen) atoms. The Kier molecular flexibility index (Phi) is 6.51. The molecule has 0 amide bonds. The topological polar surface area (TPSA) is 29.5 Å². The van der Waals surface area contributed by atoms with Gasteiger partial charge in [-0.25, -0.2) is 0 Å². The largest absolute Gasteiger partial charge is 0.413 e. The van der Waals surface area contributed by atoms with Crippen LogP contribution in [0, 0.1) is 40.4 Å². The van der Waals surface area contributed by atoms with Gasteiger partial charge in [0.15, 0.2) is 8.32 Å².